The Morgan fingerprint density at radius 1 is 1.07 bits per heavy atom. The van der Waals surface area contributed by atoms with Crippen LogP contribution in [0.4, 0.5) is 0 Å². The number of amides is 1. The van der Waals surface area contributed by atoms with Crippen molar-refractivity contribution >= 4 is 27.5 Å². The molecule has 2 aromatic carbocycles. The van der Waals surface area contributed by atoms with E-state index in [4.69, 9.17) is 16.3 Å². The highest BCUT2D eigenvalue weighted by molar-refractivity contribution is 7.89. The Morgan fingerprint density at radius 2 is 1.72 bits per heavy atom. The predicted octanol–water partition coefficient (Wildman–Crippen LogP) is 3.84. The number of sulfonamides is 1. The van der Waals surface area contributed by atoms with Gasteiger partial charge in [-0.1, -0.05) is 49.7 Å². The Morgan fingerprint density at radius 3 is 2.34 bits per heavy atom. The Labute approximate surface area is 177 Å². The summed E-state index contributed by atoms with van der Waals surface area (Å²) in [5.41, 5.74) is 2.18. The fourth-order valence-electron chi connectivity index (χ4n) is 2.91. The lowest BCUT2D eigenvalue weighted by molar-refractivity contribution is 0.0949. The third kappa shape index (κ3) is 5.79. The van der Waals surface area contributed by atoms with Crippen molar-refractivity contribution in [1.29, 1.82) is 0 Å². The van der Waals surface area contributed by atoms with E-state index < -0.39 is 10.0 Å². The number of ether oxygens (including phenoxy) is 1. The molecule has 6 nitrogen and oxygen atoms in total. The van der Waals surface area contributed by atoms with E-state index in [1.54, 1.807) is 13.8 Å². The van der Waals surface area contributed by atoms with Crippen molar-refractivity contribution in [3.63, 3.8) is 0 Å². The average Bonchev–Trinajstić information content (AvgIpc) is 2.71. The molecule has 0 fully saturated rings. The first-order chi connectivity index (χ1) is 13.8. The second kappa shape index (κ2) is 10.7. The minimum atomic E-state index is -3.77. The normalized spacial score (nSPS) is 11.6. The maximum absolute atomic E-state index is 12.8. The van der Waals surface area contributed by atoms with Crippen molar-refractivity contribution in [3.8, 4) is 0 Å². The first-order valence-electron chi connectivity index (χ1n) is 9.57. The molecule has 0 aliphatic heterocycles. The van der Waals surface area contributed by atoms with E-state index in [1.165, 1.54) is 22.5 Å². The van der Waals surface area contributed by atoms with Crippen molar-refractivity contribution in [2.24, 2.45) is 0 Å². The third-order valence-electron chi connectivity index (χ3n) is 4.54. The monoisotopic (exact) mass is 438 g/mol. The number of hydrogen-bond acceptors (Lipinski definition) is 4. The molecule has 0 saturated carbocycles. The number of nitrogens with zero attached hydrogens (tertiary/aromatic N) is 1. The largest absolute Gasteiger partial charge is 0.377 e. The highest BCUT2D eigenvalue weighted by Crippen LogP contribution is 2.26. The molecule has 0 heterocycles. The maximum atomic E-state index is 12.8. The summed E-state index contributed by atoms with van der Waals surface area (Å²) in [4.78, 5) is 12.6. The molecule has 2 rings (SSSR count). The summed E-state index contributed by atoms with van der Waals surface area (Å²) < 4.78 is 32.4. The quantitative estimate of drug-likeness (QED) is 0.611. The fraction of sp³-hybridized carbons (Fsp3) is 0.381. The van der Waals surface area contributed by atoms with Crippen LogP contribution in [0.25, 0.3) is 0 Å². The van der Waals surface area contributed by atoms with E-state index in [0.29, 0.717) is 32.8 Å². The van der Waals surface area contributed by atoms with Crippen LogP contribution in [0.3, 0.4) is 0 Å². The molecule has 0 aliphatic rings. The summed E-state index contributed by atoms with van der Waals surface area (Å²) >= 11 is 6.13. The molecule has 158 valence electrons. The van der Waals surface area contributed by atoms with E-state index in [2.05, 4.69) is 5.32 Å². The molecule has 8 heteroatoms. The van der Waals surface area contributed by atoms with Gasteiger partial charge in [0.1, 0.15) is 4.90 Å². The van der Waals surface area contributed by atoms with Gasteiger partial charge in [0.25, 0.3) is 5.91 Å². The lowest BCUT2D eigenvalue weighted by Gasteiger charge is -2.19. The molecule has 0 atom stereocenters. The summed E-state index contributed by atoms with van der Waals surface area (Å²) in [5, 5.41) is 2.93. The number of carbonyl (C=O) groups is 1. The average molecular weight is 439 g/mol. The van der Waals surface area contributed by atoms with E-state index in [9.17, 15) is 13.2 Å². The van der Waals surface area contributed by atoms with Gasteiger partial charge in [-0.25, -0.2) is 8.42 Å². The number of benzene rings is 2. The van der Waals surface area contributed by atoms with E-state index >= 15 is 0 Å². The topological polar surface area (TPSA) is 75.7 Å². The van der Waals surface area contributed by atoms with Gasteiger partial charge in [0.05, 0.1) is 11.6 Å². The van der Waals surface area contributed by atoms with Crippen molar-refractivity contribution in [2.45, 2.75) is 38.8 Å². The van der Waals surface area contributed by atoms with Gasteiger partial charge in [-0.2, -0.15) is 4.31 Å². The summed E-state index contributed by atoms with van der Waals surface area (Å²) in [6, 6.07) is 12.0. The highest BCUT2D eigenvalue weighted by atomic mass is 35.5. The van der Waals surface area contributed by atoms with Crippen LogP contribution >= 0.6 is 11.6 Å². The van der Waals surface area contributed by atoms with Crippen LogP contribution < -0.4 is 5.32 Å². The van der Waals surface area contributed by atoms with Crippen LogP contribution in [-0.4, -0.2) is 38.3 Å². The van der Waals surface area contributed by atoms with E-state index in [1.807, 2.05) is 31.2 Å². The lowest BCUT2D eigenvalue weighted by atomic mass is 10.1. The Kier molecular flexibility index (Phi) is 8.64. The second-order valence-electron chi connectivity index (χ2n) is 6.32. The number of rotatable bonds is 10. The zero-order valence-corrected chi connectivity index (χ0v) is 18.5. The molecule has 0 saturated heterocycles. The molecule has 0 radical (unpaired) electrons. The molecule has 0 aliphatic carbocycles. The predicted molar refractivity (Wildman–Crippen MR) is 115 cm³/mol. The van der Waals surface area contributed by atoms with Crippen LogP contribution in [0.1, 0.15) is 42.3 Å². The van der Waals surface area contributed by atoms with Gasteiger partial charge in [-0.3, -0.25) is 4.79 Å². The van der Waals surface area contributed by atoms with Gasteiger partial charge in [0.15, 0.2) is 0 Å². The molecule has 1 amide bonds. The zero-order chi connectivity index (χ0) is 21.4. The van der Waals surface area contributed by atoms with Crippen LogP contribution in [0.5, 0.6) is 0 Å². The second-order valence-corrected chi connectivity index (χ2v) is 8.64. The van der Waals surface area contributed by atoms with Gasteiger partial charge in [0, 0.05) is 31.8 Å². The van der Waals surface area contributed by atoms with Gasteiger partial charge < -0.3 is 10.1 Å². The standard InChI is InChI=1S/C21H27ClN2O4S/c1-4-24(5-2)29(26,27)20-13-16(11-12-19(20)22)21(25)23-14-17-9-7-8-10-18(17)15-28-6-3/h7-13H,4-6,14-15H2,1-3H3,(H,23,25). The summed E-state index contributed by atoms with van der Waals surface area (Å²) in [6.07, 6.45) is 0. The Bertz CT molecular complexity index is 943. The first-order valence-corrected chi connectivity index (χ1v) is 11.4. The molecule has 0 aromatic heterocycles. The van der Waals surface area contributed by atoms with Crippen LogP contribution in [0.15, 0.2) is 47.4 Å². The van der Waals surface area contributed by atoms with Crippen molar-refractivity contribution in [3.05, 3.63) is 64.2 Å². The Hall–Kier alpha value is -1.93. The summed E-state index contributed by atoms with van der Waals surface area (Å²) in [6.45, 7) is 7.46. The Balaban J connectivity index is 2.21. The molecule has 29 heavy (non-hydrogen) atoms. The molecular weight excluding hydrogens is 412 g/mol. The summed E-state index contributed by atoms with van der Waals surface area (Å²) in [5.74, 6) is -0.371. The molecule has 2 aromatic rings. The minimum Gasteiger partial charge on any atom is -0.377 e. The van der Waals surface area contributed by atoms with Crippen molar-refractivity contribution in [2.75, 3.05) is 19.7 Å². The summed E-state index contributed by atoms with van der Waals surface area (Å²) in [7, 11) is -3.77. The molecule has 1 N–H and O–H groups in total. The zero-order valence-electron chi connectivity index (χ0n) is 16.9. The molecule has 0 unspecified atom stereocenters. The fourth-order valence-corrected chi connectivity index (χ4v) is 4.86. The first kappa shape index (κ1) is 23.3. The van der Waals surface area contributed by atoms with Gasteiger partial charge >= 0.3 is 0 Å². The van der Waals surface area contributed by atoms with Gasteiger partial charge in [-0.05, 0) is 36.2 Å². The SMILES string of the molecule is CCOCc1ccccc1CNC(=O)c1ccc(Cl)c(S(=O)(=O)N(CC)CC)c1. The van der Waals surface area contributed by atoms with Crippen LogP contribution in [-0.2, 0) is 27.9 Å². The number of carbonyl (C=O) groups excluding carboxylic acids is 1. The smallest absolute Gasteiger partial charge is 0.251 e. The van der Waals surface area contributed by atoms with Gasteiger partial charge in [0.2, 0.25) is 10.0 Å². The maximum Gasteiger partial charge on any atom is 0.251 e. The number of halogens is 1. The van der Waals surface area contributed by atoms with E-state index in [0.717, 1.165) is 11.1 Å². The van der Waals surface area contributed by atoms with Crippen LogP contribution in [0.2, 0.25) is 5.02 Å². The van der Waals surface area contributed by atoms with Crippen LogP contribution in [0, 0.1) is 0 Å². The molecule has 0 spiro atoms. The molecule has 0 bridgehead atoms. The minimum absolute atomic E-state index is 0.0627. The van der Waals surface area contributed by atoms with Gasteiger partial charge in [-0.15, -0.1) is 0 Å². The number of nitrogens with one attached hydrogen (secondary N) is 1. The lowest BCUT2D eigenvalue weighted by Crippen LogP contribution is -2.31. The molecular formula is C21H27ClN2O4S. The third-order valence-corrected chi connectivity index (χ3v) is 7.07. The highest BCUT2D eigenvalue weighted by Gasteiger charge is 2.25. The van der Waals surface area contributed by atoms with Crippen molar-refractivity contribution < 1.29 is 17.9 Å². The van der Waals surface area contributed by atoms with Crippen molar-refractivity contribution in [1.82, 2.24) is 9.62 Å². The van der Waals surface area contributed by atoms with E-state index in [-0.39, 0.29) is 21.4 Å². The number of hydrogen-bond donors (Lipinski definition) is 1.